The van der Waals surface area contributed by atoms with Gasteiger partial charge < -0.3 is 15.0 Å². The van der Waals surface area contributed by atoms with Gasteiger partial charge in [-0.05, 0) is 43.9 Å². The van der Waals surface area contributed by atoms with E-state index < -0.39 is 0 Å². The first kappa shape index (κ1) is 20.4. The van der Waals surface area contributed by atoms with Crippen molar-refractivity contribution in [3.05, 3.63) is 72.3 Å². The van der Waals surface area contributed by atoms with Crippen LogP contribution >= 0.6 is 0 Å². The molecule has 2 heterocycles. The first-order chi connectivity index (χ1) is 14.7. The fourth-order valence-electron chi connectivity index (χ4n) is 4.26. The molecule has 1 saturated heterocycles. The Balaban J connectivity index is 1.47. The highest BCUT2D eigenvalue weighted by Gasteiger charge is 2.25. The second-order valence-corrected chi connectivity index (χ2v) is 8.03. The summed E-state index contributed by atoms with van der Waals surface area (Å²) in [5.74, 6) is 0.944. The highest BCUT2D eigenvalue weighted by Crippen LogP contribution is 2.30. The largest absolute Gasteiger partial charge is 0.495 e. The topological polar surface area (TPSA) is 55.2 Å². The Hall–Kier alpha value is -2.86. The molecule has 0 saturated carbocycles. The lowest BCUT2D eigenvalue weighted by atomic mass is 9.98. The third-order valence-corrected chi connectivity index (χ3v) is 5.88. The van der Waals surface area contributed by atoms with Crippen molar-refractivity contribution in [1.82, 2.24) is 20.1 Å². The van der Waals surface area contributed by atoms with E-state index in [0.29, 0.717) is 6.04 Å². The molecule has 6 nitrogen and oxygen atoms in total. The number of benzene rings is 2. The smallest absolute Gasteiger partial charge is 0.142 e. The van der Waals surface area contributed by atoms with Crippen LogP contribution in [0.3, 0.4) is 0 Å². The third kappa shape index (κ3) is 5.00. The van der Waals surface area contributed by atoms with Crippen molar-refractivity contribution in [1.29, 1.82) is 0 Å². The quantitative estimate of drug-likeness (QED) is 0.614. The number of aryl methyl sites for hydroxylation is 2. The van der Waals surface area contributed by atoms with Crippen molar-refractivity contribution >= 4 is 5.69 Å². The maximum Gasteiger partial charge on any atom is 0.142 e. The van der Waals surface area contributed by atoms with Crippen LogP contribution in [-0.2, 0) is 6.54 Å². The van der Waals surface area contributed by atoms with Gasteiger partial charge in [0.1, 0.15) is 18.4 Å². The maximum atomic E-state index is 5.60. The van der Waals surface area contributed by atoms with Crippen LogP contribution in [0.15, 0.2) is 61.2 Å². The van der Waals surface area contributed by atoms with Gasteiger partial charge in [-0.2, -0.15) is 5.10 Å². The standard InChI is InChI=1S/C24H31N5O/c1-19-9-11-20(12-10-19)22(13-15-29-18-25-17-26-29)27-21-6-5-14-28(16-21)23-7-3-4-8-24(23)30-2/h3-4,7-12,17-18,21-22,27H,5-6,13-16H2,1-2H3/t21-,22-/m0/s1. The van der Waals surface area contributed by atoms with Crippen LogP contribution in [0.4, 0.5) is 5.69 Å². The SMILES string of the molecule is COc1ccccc1N1CCC[C@H](N[C@@H](CCn2cncn2)c2ccc(C)cc2)C1. The van der Waals surface area contributed by atoms with Crippen LogP contribution in [0.2, 0.25) is 0 Å². The van der Waals surface area contributed by atoms with E-state index in [0.717, 1.165) is 31.8 Å². The molecule has 3 aromatic rings. The van der Waals surface area contributed by atoms with Gasteiger partial charge in [0, 0.05) is 31.7 Å². The zero-order valence-electron chi connectivity index (χ0n) is 17.9. The van der Waals surface area contributed by atoms with E-state index in [-0.39, 0.29) is 6.04 Å². The summed E-state index contributed by atoms with van der Waals surface area (Å²) < 4.78 is 7.51. The van der Waals surface area contributed by atoms with Crippen molar-refractivity contribution in [3.63, 3.8) is 0 Å². The lowest BCUT2D eigenvalue weighted by Crippen LogP contribution is -2.47. The Morgan fingerprint density at radius 1 is 1.17 bits per heavy atom. The van der Waals surface area contributed by atoms with Crippen molar-refractivity contribution in [2.24, 2.45) is 0 Å². The number of nitrogens with one attached hydrogen (secondary N) is 1. The lowest BCUT2D eigenvalue weighted by molar-refractivity contribution is 0.349. The molecule has 158 valence electrons. The van der Waals surface area contributed by atoms with E-state index in [2.05, 4.69) is 63.6 Å². The minimum atomic E-state index is 0.275. The average molecular weight is 406 g/mol. The molecule has 30 heavy (non-hydrogen) atoms. The van der Waals surface area contributed by atoms with E-state index in [4.69, 9.17) is 4.74 Å². The number of anilines is 1. The molecule has 0 radical (unpaired) electrons. The summed E-state index contributed by atoms with van der Waals surface area (Å²) in [6, 6.07) is 17.9. The van der Waals surface area contributed by atoms with Gasteiger partial charge in [-0.15, -0.1) is 0 Å². The number of aromatic nitrogens is 3. The number of piperidine rings is 1. The fraction of sp³-hybridized carbons (Fsp3) is 0.417. The van der Waals surface area contributed by atoms with Crippen LogP contribution in [0.5, 0.6) is 5.75 Å². The molecule has 6 heteroatoms. The molecule has 2 atom stereocenters. The van der Waals surface area contributed by atoms with Crippen molar-refractivity contribution < 1.29 is 4.74 Å². The molecular formula is C24H31N5O. The molecule has 4 rings (SSSR count). The zero-order chi connectivity index (χ0) is 20.8. The molecular weight excluding hydrogens is 374 g/mol. The first-order valence-electron chi connectivity index (χ1n) is 10.8. The van der Waals surface area contributed by atoms with Gasteiger partial charge in [0.15, 0.2) is 0 Å². The monoisotopic (exact) mass is 405 g/mol. The predicted molar refractivity (Wildman–Crippen MR) is 120 cm³/mol. The number of rotatable bonds is 8. The van der Waals surface area contributed by atoms with Gasteiger partial charge in [-0.25, -0.2) is 4.98 Å². The van der Waals surface area contributed by atoms with Crippen molar-refractivity contribution in [2.75, 3.05) is 25.1 Å². The number of methoxy groups -OCH3 is 1. The Labute approximate surface area is 178 Å². The number of para-hydroxylation sites is 2. The van der Waals surface area contributed by atoms with Crippen molar-refractivity contribution in [2.45, 2.75) is 44.8 Å². The van der Waals surface area contributed by atoms with E-state index in [1.54, 1.807) is 19.8 Å². The first-order valence-corrected chi connectivity index (χ1v) is 10.8. The Bertz CT molecular complexity index is 910. The van der Waals surface area contributed by atoms with Crippen LogP contribution in [0.25, 0.3) is 0 Å². The molecule has 0 unspecified atom stereocenters. The van der Waals surface area contributed by atoms with E-state index in [1.807, 2.05) is 16.8 Å². The summed E-state index contributed by atoms with van der Waals surface area (Å²) in [5, 5.41) is 8.22. The van der Waals surface area contributed by atoms with Gasteiger partial charge >= 0.3 is 0 Å². The molecule has 1 aliphatic rings. The van der Waals surface area contributed by atoms with Crippen LogP contribution in [0, 0.1) is 6.92 Å². The van der Waals surface area contributed by atoms with Gasteiger partial charge in [-0.3, -0.25) is 4.68 Å². The normalized spacial score (nSPS) is 17.7. The zero-order valence-corrected chi connectivity index (χ0v) is 17.9. The molecule has 2 aromatic carbocycles. The maximum absolute atomic E-state index is 5.60. The highest BCUT2D eigenvalue weighted by atomic mass is 16.5. The predicted octanol–water partition coefficient (Wildman–Crippen LogP) is 3.99. The second kappa shape index (κ2) is 9.76. The molecule has 1 N–H and O–H groups in total. The summed E-state index contributed by atoms with van der Waals surface area (Å²) in [4.78, 5) is 6.52. The molecule has 0 spiro atoms. The molecule has 0 amide bonds. The van der Waals surface area contributed by atoms with Crippen LogP contribution < -0.4 is 15.0 Å². The molecule has 1 aromatic heterocycles. The Kier molecular flexibility index (Phi) is 6.64. The van der Waals surface area contributed by atoms with Gasteiger partial charge in [0.25, 0.3) is 0 Å². The minimum Gasteiger partial charge on any atom is -0.495 e. The van der Waals surface area contributed by atoms with E-state index in [9.17, 15) is 0 Å². The number of hydrogen-bond acceptors (Lipinski definition) is 5. The Morgan fingerprint density at radius 2 is 2.00 bits per heavy atom. The summed E-state index contributed by atoms with van der Waals surface area (Å²) in [6.45, 7) is 5.02. The van der Waals surface area contributed by atoms with Crippen LogP contribution in [-0.4, -0.2) is 41.0 Å². The fourth-order valence-corrected chi connectivity index (χ4v) is 4.26. The average Bonchev–Trinajstić information content (AvgIpc) is 3.31. The van der Waals surface area contributed by atoms with E-state index >= 15 is 0 Å². The number of hydrogen-bond donors (Lipinski definition) is 1. The van der Waals surface area contributed by atoms with Gasteiger partial charge in [0.05, 0.1) is 12.8 Å². The van der Waals surface area contributed by atoms with Gasteiger partial charge in [-0.1, -0.05) is 42.0 Å². The number of nitrogens with zero attached hydrogens (tertiary/aromatic N) is 4. The van der Waals surface area contributed by atoms with E-state index in [1.165, 1.54) is 29.7 Å². The molecule has 1 aliphatic heterocycles. The Morgan fingerprint density at radius 3 is 2.77 bits per heavy atom. The van der Waals surface area contributed by atoms with Crippen LogP contribution in [0.1, 0.15) is 36.4 Å². The molecule has 0 aliphatic carbocycles. The molecule has 0 bridgehead atoms. The summed E-state index contributed by atoms with van der Waals surface area (Å²) in [7, 11) is 1.75. The van der Waals surface area contributed by atoms with Crippen molar-refractivity contribution in [3.8, 4) is 5.75 Å². The summed E-state index contributed by atoms with van der Waals surface area (Å²) >= 11 is 0. The summed E-state index contributed by atoms with van der Waals surface area (Å²) in [6.07, 6.45) is 6.70. The second-order valence-electron chi connectivity index (χ2n) is 8.03. The van der Waals surface area contributed by atoms with Gasteiger partial charge in [0.2, 0.25) is 0 Å². The highest BCUT2D eigenvalue weighted by molar-refractivity contribution is 5.58. The minimum absolute atomic E-state index is 0.275. The number of ether oxygens (including phenoxy) is 1. The lowest BCUT2D eigenvalue weighted by Gasteiger charge is -2.37. The third-order valence-electron chi connectivity index (χ3n) is 5.88. The summed E-state index contributed by atoms with van der Waals surface area (Å²) in [5.41, 5.74) is 3.80. The molecule has 1 fully saturated rings.